The van der Waals surface area contributed by atoms with Gasteiger partial charge in [0.05, 0.1) is 6.04 Å². The van der Waals surface area contributed by atoms with Gasteiger partial charge in [0.25, 0.3) is 5.56 Å². The number of nitrogens with one attached hydrogen (secondary N) is 1. The van der Waals surface area contributed by atoms with Crippen LogP contribution in [0.2, 0.25) is 0 Å². The molecule has 1 atom stereocenters. The number of aromatic nitrogens is 2. The second-order valence-electron chi connectivity index (χ2n) is 5.57. The third-order valence-corrected chi connectivity index (χ3v) is 4.83. The van der Waals surface area contributed by atoms with Crippen molar-refractivity contribution in [3.8, 4) is 0 Å². The molecule has 2 aromatic rings. The van der Waals surface area contributed by atoms with E-state index in [1.165, 1.54) is 0 Å². The molecule has 0 saturated carbocycles. The first-order chi connectivity index (χ1) is 11.2. The van der Waals surface area contributed by atoms with Crippen LogP contribution in [-0.2, 0) is 11.2 Å². The molecule has 1 aromatic carbocycles. The molecule has 0 spiro atoms. The molecule has 1 amide bonds. The minimum absolute atomic E-state index is 0.0547. The van der Waals surface area contributed by atoms with Gasteiger partial charge in [-0.2, -0.15) is 0 Å². The molecule has 0 bridgehead atoms. The van der Waals surface area contributed by atoms with Gasteiger partial charge in [0.2, 0.25) is 5.91 Å². The Bertz CT molecular complexity index is 758. The minimum atomic E-state index is -0.130. The van der Waals surface area contributed by atoms with Crippen LogP contribution in [0.5, 0.6) is 0 Å². The van der Waals surface area contributed by atoms with Gasteiger partial charge in [0, 0.05) is 29.6 Å². The van der Waals surface area contributed by atoms with E-state index in [0.717, 1.165) is 29.4 Å². The molecule has 1 unspecified atom stereocenters. The molecule has 0 aliphatic carbocycles. The zero-order valence-electron chi connectivity index (χ0n) is 13.0. The van der Waals surface area contributed by atoms with E-state index in [1.807, 2.05) is 30.3 Å². The Kier molecular flexibility index (Phi) is 4.81. The molecule has 1 N–H and O–H groups in total. The van der Waals surface area contributed by atoms with Gasteiger partial charge in [0.15, 0.2) is 5.16 Å². The number of aryl methyl sites for hydroxylation is 1. The van der Waals surface area contributed by atoms with Crippen molar-refractivity contribution in [1.82, 2.24) is 9.55 Å². The van der Waals surface area contributed by atoms with Crippen LogP contribution in [0.15, 0.2) is 46.3 Å². The number of fused-ring (bicyclic) bond motifs is 1. The largest absolute Gasteiger partial charge is 0.326 e. The van der Waals surface area contributed by atoms with Crippen LogP contribution in [0.3, 0.4) is 0 Å². The summed E-state index contributed by atoms with van der Waals surface area (Å²) in [5, 5.41) is 3.60. The van der Waals surface area contributed by atoms with Gasteiger partial charge in [-0.1, -0.05) is 43.3 Å². The number of nitrogens with zero attached hydrogens (tertiary/aromatic N) is 2. The van der Waals surface area contributed by atoms with E-state index in [1.54, 1.807) is 22.4 Å². The lowest BCUT2D eigenvalue weighted by Gasteiger charge is -2.13. The lowest BCUT2D eigenvalue weighted by molar-refractivity contribution is -0.116. The Morgan fingerprint density at radius 3 is 2.91 bits per heavy atom. The molecule has 0 fully saturated rings. The van der Waals surface area contributed by atoms with Crippen molar-refractivity contribution < 1.29 is 4.79 Å². The predicted octanol–water partition coefficient (Wildman–Crippen LogP) is 2.87. The van der Waals surface area contributed by atoms with Crippen molar-refractivity contribution in [2.24, 2.45) is 0 Å². The van der Waals surface area contributed by atoms with Gasteiger partial charge < -0.3 is 5.32 Å². The smallest absolute Gasteiger partial charge is 0.254 e. The molecule has 5 nitrogen and oxygen atoms in total. The van der Waals surface area contributed by atoms with Crippen LogP contribution >= 0.6 is 11.8 Å². The Morgan fingerprint density at radius 2 is 2.17 bits per heavy atom. The quantitative estimate of drug-likeness (QED) is 0.857. The molecular formula is C17H19N3O2S. The lowest BCUT2D eigenvalue weighted by Crippen LogP contribution is -2.27. The first-order valence-electron chi connectivity index (χ1n) is 7.77. The number of carbonyl (C=O) groups excluding carboxylic acids is 1. The lowest BCUT2D eigenvalue weighted by atomic mass is 10.2. The number of benzene rings is 1. The fourth-order valence-electron chi connectivity index (χ4n) is 2.68. The summed E-state index contributed by atoms with van der Waals surface area (Å²) in [7, 11) is 0. The van der Waals surface area contributed by atoms with Crippen molar-refractivity contribution in [3.05, 3.63) is 52.4 Å². The molecular weight excluding hydrogens is 310 g/mol. The highest BCUT2D eigenvalue weighted by atomic mass is 32.2. The van der Waals surface area contributed by atoms with E-state index < -0.39 is 0 Å². The van der Waals surface area contributed by atoms with Crippen LogP contribution in [-0.4, -0.2) is 21.2 Å². The Labute approximate surface area is 139 Å². The highest BCUT2D eigenvalue weighted by molar-refractivity contribution is 7.99. The molecule has 23 heavy (non-hydrogen) atoms. The molecule has 1 aliphatic heterocycles. The van der Waals surface area contributed by atoms with E-state index in [4.69, 9.17) is 0 Å². The summed E-state index contributed by atoms with van der Waals surface area (Å²) < 4.78 is 1.66. The SMILES string of the molecule is CCCc1cc(=O)n2c(n1)SCC2CC(=O)Nc1ccccc1. The van der Waals surface area contributed by atoms with Crippen molar-refractivity contribution in [2.45, 2.75) is 37.4 Å². The van der Waals surface area contributed by atoms with E-state index in [0.29, 0.717) is 5.75 Å². The average molecular weight is 329 g/mol. The third-order valence-electron chi connectivity index (χ3n) is 3.73. The number of thioether (sulfide) groups is 1. The van der Waals surface area contributed by atoms with Gasteiger partial charge in [-0.3, -0.25) is 14.2 Å². The molecule has 1 aliphatic rings. The van der Waals surface area contributed by atoms with Crippen LogP contribution in [0, 0.1) is 0 Å². The van der Waals surface area contributed by atoms with E-state index >= 15 is 0 Å². The van der Waals surface area contributed by atoms with Crippen molar-refractivity contribution >= 4 is 23.4 Å². The first kappa shape index (κ1) is 15.8. The summed E-state index contributed by atoms with van der Waals surface area (Å²) in [6, 6.07) is 10.8. The standard InChI is InChI=1S/C17H19N3O2S/c1-2-6-13-9-16(22)20-14(11-23-17(20)19-13)10-15(21)18-12-7-4-3-5-8-12/h3-5,7-9,14H,2,6,10-11H2,1H3,(H,18,21). The van der Waals surface area contributed by atoms with Crippen LogP contribution < -0.4 is 10.9 Å². The highest BCUT2D eigenvalue weighted by Crippen LogP contribution is 2.32. The number of hydrogen-bond acceptors (Lipinski definition) is 4. The summed E-state index contributed by atoms with van der Waals surface area (Å²) in [4.78, 5) is 29.1. The van der Waals surface area contributed by atoms with Crippen LogP contribution in [0.25, 0.3) is 0 Å². The van der Waals surface area contributed by atoms with Gasteiger partial charge >= 0.3 is 0 Å². The monoisotopic (exact) mass is 329 g/mol. The number of carbonyl (C=O) groups is 1. The zero-order valence-corrected chi connectivity index (χ0v) is 13.8. The molecule has 0 saturated heterocycles. The first-order valence-corrected chi connectivity index (χ1v) is 8.76. The Hall–Kier alpha value is -2.08. The number of hydrogen-bond donors (Lipinski definition) is 1. The van der Waals surface area contributed by atoms with Gasteiger partial charge in [-0.25, -0.2) is 4.98 Å². The maximum absolute atomic E-state index is 12.3. The number of amides is 1. The van der Waals surface area contributed by atoms with Gasteiger partial charge in [-0.05, 0) is 18.6 Å². The van der Waals surface area contributed by atoms with E-state index in [2.05, 4.69) is 17.2 Å². The molecule has 0 radical (unpaired) electrons. The van der Waals surface area contributed by atoms with E-state index in [9.17, 15) is 9.59 Å². The van der Waals surface area contributed by atoms with Crippen molar-refractivity contribution in [2.75, 3.05) is 11.1 Å². The second-order valence-corrected chi connectivity index (χ2v) is 6.56. The molecule has 3 rings (SSSR count). The molecule has 2 heterocycles. The summed E-state index contributed by atoms with van der Waals surface area (Å²) >= 11 is 1.55. The summed E-state index contributed by atoms with van der Waals surface area (Å²) in [6.07, 6.45) is 2.05. The minimum Gasteiger partial charge on any atom is -0.326 e. The predicted molar refractivity (Wildman–Crippen MR) is 91.9 cm³/mol. The maximum Gasteiger partial charge on any atom is 0.254 e. The van der Waals surface area contributed by atoms with Crippen molar-refractivity contribution in [1.29, 1.82) is 0 Å². The van der Waals surface area contributed by atoms with Gasteiger partial charge in [0.1, 0.15) is 0 Å². The van der Waals surface area contributed by atoms with Crippen LogP contribution in [0.4, 0.5) is 5.69 Å². The topological polar surface area (TPSA) is 64.0 Å². The summed E-state index contributed by atoms with van der Waals surface area (Å²) in [5.74, 6) is 0.624. The third kappa shape index (κ3) is 3.64. The van der Waals surface area contributed by atoms with Gasteiger partial charge in [-0.15, -0.1) is 0 Å². The summed E-state index contributed by atoms with van der Waals surface area (Å²) in [5.41, 5.74) is 1.55. The number of rotatable bonds is 5. The fraction of sp³-hybridized carbons (Fsp3) is 0.353. The maximum atomic E-state index is 12.3. The summed E-state index contributed by atoms with van der Waals surface area (Å²) in [6.45, 7) is 2.07. The average Bonchev–Trinajstić information content (AvgIpc) is 2.92. The normalized spacial score (nSPS) is 16.1. The zero-order chi connectivity index (χ0) is 16.2. The van der Waals surface area contributed by atoms with E-state index in [-0.39, 0.29) is 23.9 Å². The number of anilines is 1. The molecule has 1 aromatic heterocycles. The second kappa shape index (κ2) is 7.00. The Morgan fingerprint density at radius 1 is 1.39 bits per heavy atom. The molecule has 6 heteroatoms. The highest BCUT2D eigenvalue weighted by Gasteiger charge is 2.27. The number of para-hydroxylation sites is 1. The van der Waals surface area contributed by atoms with Crippen molar-refractivity contribution in [3.63, 3.8) is 0 Å². The van der Waals surface area contributed by atoms with Crippen LogP contribution in [0.1, 0.15) is 31.5 Å². The molecule has 120 valence electrons. The fourth-order valence-corrected chi connectivity index (χ4v) is 3.85. The Balaban J connectivity index is 1.73.